The quantitative estimate of drug-likeness (QED) is 0.602. The minimum Gasteiger partial charge on any atom is -0.391 e. The fourth-order valence-electron chi connectivity index (χ4n) is 2.94. The van der Waals surface area contributed by atoms with Crippen molar-refractivity contribution in [1.29, 1.82) is 0 Å². The van der Waals surface area contributed by atoms with Gasteiger partial charge in [-0.2, -0.15) is 4.72 Å². The standard InChI is InChI=1S/C17H17ClFN3O4S2/c1-8-4-5-11(19)14(9(8)2)10(3)15(16-20-21-17(23)26-16)22-28(24,25)13-7-6-12(18)27-13/h4-7,10,15,22H,1-3H3,(H,21,23). The van der Waals surface area contributed by atoms with Crippen molar-refractivity contribution >= 4 is 33.0 Å². The highest BCUT2D eigenvalue weighted by Crippen LogP contribution is 2.36. The Labute approximate surface area is 169 Å². The van der Waals surface area contributed by atoms with Crippen LogP contribution in [0.4, 0.5) is 4.39 Å². The summed E-state index contributed by atoms with van der Waals surface area (Å²) in [6.45, 7) is 5.20. The molecule has 2 heterocycles. The van der Waals surface area contributed by atoms with Crippen LogP contribution in [0.1, 0.15) is 41.5 Å². The second kappa shape index (κ2) is 7.78. The largest absolute Gasteiger partial charge is 0.434 e. The maximum atomic E-state index is 14.6. The summed E-state index contributed by atoms with van der Waals surface area (Å²) in [7, 11) is -4.02. The zero-order valence-electron chi connectivity index (χ0n) is 15.1. The molecule has 0 aliphatic heterocycles. The third-order valence-electron chi connectivity index (χ3n) is 4.50. The first-order valence-corrected chi connectivity index (χ1v) is 10.9. The normalized spacial score (nSPS) is 14.2. The van der Waals surface area contributed by atoms with E-state index in [0.29, 0.717) is 15.5 Å². The summed E-state index contributed by atoms with van der Waals surface area (Å²) in [5.41, 5.74) is 1.83. The maximum absolute atomic E-state index is 14.6. The van der Waals surface area contributed by atoms with E-state index in [1.54, 1.807) is 19.9 Å². The molecule has 0 radical (unpaired) electrons. The monoisotopic (exact) mass is 445 g/mol. The topological polar surface area (TPSA) is 105 Å². The first kappa shape index (κ1) is 20.7. The fourth-order valence-corrected chi connectivity index (χ4v) is 5.71. The predicted octanol–water partition coefficient (Wildman–Crippen LogP) is 3.66. The number of aromatic nitrogens is 2. The van der Waals surface area contributed by atoms with E-state index in [-0.39, 0.29) is 10.1 Å². The summed E-state index contributed by atoms with van der Waals surface area (Å²) in [4.78, 5) is 11.4. The molecule has 0 bridgehead atoms. The van der Waals surface area contributed by atoms with E-state index in [2.05, 4.69) is 14.9 Å². The van der Waals surface area contributed by atoms with E-state index in [1.165, 1.54) is 18.2 Å². The van der Waals surface area contributed by atoms with Crippen molar-refractivity contribution in [3.05, 3.63) is 67.6 Å². The molecule has 28 heavy (non-hydrogen) atoms. The second-order valence-electron chi connectivity index (χ2n) is 6.30. The minimum atomic E-state index is -4.02. The van der Waals surface area contributed by atoms with Gasteiger partial charge in [0.25, 0.3) is 10.0 Å². The Hall–Kier alpha value is -2.01. The van der Waals surface area contributed by atoms with Gasteiger partial charge in [0, 0.05) is 5.92 Å². The number of nitrogens with one attached hydrogen (secondary N) is 2. The summed E-state index contributed by atoms with van der Waals surface area (Å²) in [5, 5.41) is 5.86. The second-order valence-corrected chi connectivity index (χ2v) is 9.96. The van der Waals surface area contributed by atoms with Gasteiger partial charge in [-0.3, -0.25) is 0 Å². The van der Waals surface area contributed by atoms with E-state index in [1.807, 2.05) is 6.92 Å². The molecular weight excluding hydrogens is 429 g/mol. The molecule has 0 fully saturated rings. The molecular formula is C17H17ClFN3O4S2. The van der Waals surface area contributed by atoms with E-state index in [4.69, 9.17) is 16.0 Å². The highest BCUT2D eigenvalue weighted by atomic mass is 35.5. The maximum Gasteiger partial charge on any atom is 0.434 e. The van der Waals surface area contributed by atoms with Crippen molar-refractivity contribution in [2.75, 3.05) is 0 Å². The van der Waals surface area contributed by atoms with Crippen LogP contribution in [0.15, 0.2) is 37.7 Å². The Morgan fingerprint density at radius 1 is 1.29 bits per heavy atom. The molecule has 0 saturated heterocycles. The number of thiophene rings is 1. The lowest BCUT2D eigenvalue weighted by Gasteiger charge is -2.24. The molecule has 3 rings (SSSR count). The molecule has 2 atom stereocenters. The summed E-state index contributed by atoms with van der Waals surface area (Å²) >= 11 is 6.71. The number of rotatable bonds is 6. The molecule has 0 saturated carbocycles. The third-order valence-corrected chi connectivity index (χ3v) is 7.67. The summed E-state index contributed by atoms with van der Waals surface area (Å²) in [6, 6.07) is 4.65. The van der Waals surface area contributed by atoms with Gasteiger partial charge in [-0.1, -0.05) is 24.6 Å². The van der Waals surface area contributed by atoms with Crippen molar-refractivity contribution in [3.63, 3.8) is 0 Å². The first-order valence-electron chi connectivity index (χ1n) is 8.19. The Morgan fingerprint density at radius 3 is 2.57 bits per heavy atom. The van der Waals surface area contributed by atoms with Crippen molar-refractivity contribution < 1.29 is 17.2 Å². The molecule has 2 N–H and O–H groups in total. The lowest BCUT2D eigenvalue weighted by Crippen LogP contribution is -2.32. The number of sulfonamides is 1. The van der Waals surface area contributed by atoms with E-state index < -0.39 is 33.6 Å². The minimum absolute atomic E-state index is 0.0194. The van der Waals surface area contributed by atoms with Gasteiger partial charge < -0.3 is 4.42 Å². The molecule has 0 spiro atoms. The van der Waals surface area contributed by atoms with Crippen LogP contribution in [-0.4, -0.2) is 18.6 Å². The number of aryl methyl sites for hydroxylation is 1. The van der Waals surface area contributed by atoms with Crippen molar-refractivity contribution in [2.45, 2.75) is 36.9 Å². The first-order chi connectivity index (χ1) is 13.1. The SMILES string of the molecule is Cc1ccc(F)c(C(C)C(NS(=O)(=O)c2ccc(Cl)s2)c2n[nH]c(=O)o2)c1C. The van der Waals surface area contributed by atoms with Crippen molar-refractivity contribution in [1.82, 2.24) is 14.9 Å². The van der Waals surface area contributed by atoms with E-state index >= 15 is 0 Å². The van der Waals surface area contributed by atoms with Crippen molar-refractivity contribution in [2.24, 2.45) is 0 Å². The molecule has 0 amide bonds. The van der Waals surface area contributed by atoms with Gasteiger partial charge in [0.2, 0.25) is 5.89 Å². The summed E-state index contributed by atoms with van der Waals surface area (Å²) < 4.78 is 47.9. The zero-order valence-corrected chi connectivity index (χ0v) is 17.5. The molecule has 2 unspecified atom stereocenters. The lowest BCUT2D eigenvalue weighted by molar-refractivity contribution is 0.377. The molecule has 3 aromatic rings. The smallest absolute Gasteiger partial charge is 0.391 e. The third kappa shape index (κ3) is 4.04. The molecule has 150 valence electrons. The summed E-state index contributed by atoms with van der Waals surface area (Å²) in [5.74, 6) is -2.25. The van der Waals surface area contributed by atoms with Crippen LogP contribution < -0.4 is 10.5 Å². The number of aromatic amines is 1. The number of halogens is 2. The van der Waals surface area contributed by atoms with Gasteiger partial charge in [-0.05, 0) is 48.7 Å². The number of nitrogens with zero attached hydrogens (tertiary/aromatic N) is 1. The van der Waals surface area contributed by atoms with Crippen molar-refractivity contribution in [3.8, 4) is 0 Å². The number of hydrogen-bond donors (Lipinski definition) is 2. The molecule has 7 nitrogen and oxygen atoms in total. The molecule has 0 aliphatic carbocycles. The van der Waals surface area contributed by atoms with Crippen LogP contribution in [0, 0.1) is 19.7 Å². The summed E-state index contributed by atoms with van der Waals surface area (Å²) in [6.07, 6.45) is 0. The Balaban J connectivity index is 2.08. The van der Waals surface area contributed by atoms with E-state index in [0.717, 1.165) is 16.9 Å². The van der Waals surface area contributed by atoms with Crippen LogP contribution in [0.5, 0.6) is 0 Å². The van der Waals surface area contributed by atoms with E-state index in [9.17, 15) is 17.6 Å². The number of H-pyrrole nitrogens is 1. The molecule has 1 aromatic carbocycles. The highest BCUT2D eigenvalue weighted by molar-refractivity contribution is 7.91. The fraction of sp³-hybridized carbons (Fsp3) is 0.294. The van der Waals surface area contributed by atoms with Gasteiger partial charge in [-0.25, -0.2) is 22.7 Å². The molecule has 11 heteroatoms. The Kier molecular flexibility index (Phi) is 5.76. The Bertz CT molecular complexity index is 1170. The van der Waals surface area contributed by atoms with Gasteiger partial charge in [-0.15, -0.1) is 16.4 Å². The number of hydrogen-bond acceptors (Lipinski definition) is 6. The Morgan fingerprint density at radius 2 is 2.00 bits per heavy atom. The van der Waals surface area contributed by atoms with Crippen LogP contribution >= 0.6 is 22.9 Å². The van der Waals surface area contributed by atoms with Gasteiger partial charge in [0.05, 0.1) is 4.34 Å². The molecule has 2 aromatic heterocycles. The van der Waals surface area contributed by atoms with Gasteiger partial charge in [0.15, 0.2) is 0 Å². The zero-order chi connectivity index (χ0) is 20.6. The average Bonchev–Trinajstić information content (AvgIpc) is 3.25. The lowest BCUT2D eigenvalue weighted by atomic mass is 9.88. The number of benzene rings is 1. The van der Waals surface area contributed by atoms with Crippen LogP contribution in [0.3, 0.4) is 0 Å². The predicted molar refractivity (Wildman–Crippen MR) is 104 cm³/mol. The van der Waals surface area contributed by atoms with Crippen LogP contribution in [0.25, 0.3) is 0 Å². The van der Waals surface area contributed by atoms with Gasteiger partial charge in [0.1, 0.15) is 16.1 Å². The van der Waals surface area contributed by atoms with Crippen LogP contribution in [0.2, 0.25) is 4.34 Å². The average molecular weight is 446 g/mol. The van der Waals surface area contributed by atoms with Crippen LogP contribution in [-0.2, 0) is 10.0 Å². The highest BCUT2D eigenvalue weighted by Gasteiger charge is 2.33. The van der Waals surface area contributed by atoms with Gasteiger partial charge >= 0.3 is 5.76 Å². The molecule has 0 aliphatic rings.